The second-order valence-corrected chi connectivity index (χ2v) is 2.56. The Bertz CT molecular complexity index is 457. The SMILES string of the molecule is C#Cc1cc2ccccc2cn1.[Sn]. The first-order valence-corrected chi connectivity index (χ1v) is 3.71. The summed E-state index contributed by atoms with van der Waals surface area (Å²) >= 11 is 0. The summed E-state index contributed by atoms with van der Waals surface area (Å²) in [6, 6.07) is 9.93. The van der Waals surface area contributed by atoms with E-state index in [2.05, 4.69) is 10.9 Å². The molecule has 0 amide bonds. The van der Waals surface area contributed by atoms with Crippen molar-refractivity contribution in [1.29, 1.82) is 0 Å². The van der Waals surface area contributed by atoms with E-state index in [1.54, 1.807) is 6.20 Å². The second-order valence-electron chi connectivity index (χ2n) is 2.56. The Morgan fingerprint density at radius 2 is 1.85 bits per heavy atom. The average Bonchev–Trinajstić information content (AvgIpc) is 2.17. The fraction of sp³-hybridized carbons (Fsp3) is 0. The van der Waals surface area contributed by atoms with E-state index in [-0.39, 0.29) is 23.9 Å². The molecule has 0 atom stereocenters. The van der Waals surface area contributed by atoms with Crippen molar-refractivity contribution in [3.05, 3.63) is 42.2 Å². The monoisotopic (exact) mass is 273 g/mol. The number of fused-ring (bicyclic) bond motifs is 1. The first-order valence-electron chi connectivity index (χ1n) is 3.71. The topological polar surface area (TPSA) is 12.9 Å². The Labute approximate surface area is 94.1 Å². The standard InChI is InChI=1S/C11H7N.Sn/c1-2-11-7-9-5-3-4-6-10(9)8-12-11;/h1,3-8H;. The van der Waals surface area contributed by atoms with Gasteiger partial charge >= 0.3 is 0 Å². The summed E-state index contributed by atoms with van der Waals surface area (Å²) in [7, 11) is 0. The molecule has 0 unspecified atom stereocenters. The molecule has 2 aromatic rings. The first-order chi connectivity index (χ1) is 5.90. The summed E-state index contributed by atoms with van der Waals surface area (Å²) in [4.78, 5) is 4.09. The molecule has 1 aromatic heterocycles. The molecular formula is C11H7NSn. The molecule has 1 aromatic carbocycles. The Morgan fingerprint density at radius 3 is 2.54 bits per heavy atom. The molecule has 0 aliphatic rings. The van der Waals surface area contributed by atoms with Gasteiger partial charge < -0.3 is 0 Å². The Balaban J connectivity index is 0.000000845. The molecule has 2 heteroatoms. The van der Waals surface area contributed by atoms with Crippen molar-refractivity contribution in [3.63, 3.8) is 0 Å². The van der Waals surface area contributed by atoms with Crippen LogP contribution in [0.15, 0.2) is 36.5 Å². The van der Waals surface area contributed by atoms with Crippen molar-refractivity contribution in [3.8, 4) is 12.3 Å². The summed E-state index contributed by atoms with van der Waals surface area (Å²) in [5, 5.41) is 2.26. The van der Waals surface area contributed by atoms with Gasteiger partial charge in [0.1, 0.15) is 5.69 Å². The molecule has 0 saturated heterocycles. The summed E-state index contributed by atoms with van der Waals surface area (Å²) in [5.74, 6) is 2.51. The third-order valence-corrected chi connectivity index (χ3v) is 1.78. The van der Waals surface area contributed by atoms with Crippen molar-refractivity contribution in [2.24, 2.45) is 0 Å². The number of nitrogens with zero attached hydrogens (tertiary/aromatic N) is 1. The van der Waals surface area contributed by atoms with E-state index >= 15 is 0 Å². The van der Waals surface area contributed by atoms with Crippen LogP contribution in [0.25, 0.3) is 10.8 Å². The van der Waals surface area contributed by atoms with Gasteiger partial charge in [0.15, 0.2) is 0 Å². The van der Waals surface area contributed by atoms with Crippen LogP contribution < -0.4 is 0 Å². The molecule has 60 valence electrons. The normalized spacial score (nSPS) is 8.85. The van der Waals surface area contributed by atoms with Crippen molar-refractivity contribution in [1.82, 2.24) is 4.98 Å². The number of aromatic nitrogens is 1. The number of pyridine rings is 1. The van der Waals surface area contributed by atoms with Crippen molar-refractivity contribution < 1.29 is 0 Å². The average molecular weight is 272 g/mol. The second kappa shape index (κ2) is 4.29. The minimum Gasteiger partial charge on any atom is -0.247 e. The molecule has 2 rings (SSSR count). The van der Waals surface area contributed by atoms with Gasteiger partial charge in [-0.15, -0.1) is 6.42 Å². The van der Waals surface area contributed by atoms with Crippen molar-refractivity contribution in [2.45, 2.75) is 0 Å². The van der Waals surface area contributed by atoms with Crippen LogP contribution in [-0.2, 0) is 0 Å². The van der Waals surface area contributed by atoms with Gasteiger partial charge in [0.2, 0.25) is 0 Å². The van der Waals surface area contributed by atoms with Crippen molar-refractivity contribution in [2.75, 3.05) is 0 Å². The Morgan fingerprint density at radius 1 is 1.15 bits per heavy atom. The van der Waals surface area contributed by atoms with E-state index in [0.29, 0.717) is 5.69 Å². The zero-order chi connectivity index (χ0) is 8.39. The van der Waals surface area contributed by atoms with Gasteiger partial charge in [0, 0.05) is 35.5 Å². The van der Waals surface area contributed by atoms with Crippen LogP contribution in [0.2, 0.25) is 0 Å². The van der Waals surface area contributed by atoms with E-state index in [0.717, 1.165) is 10.8 Å². The molecule has 1 heterocycles. The Hall–Kier alpha value is -1.01. The van der Waals surface area contributed by atoms with Gasteiger partial charge in [0.25, 0.3) is 0 Å². The fourth-order valence-electron chi connectivity index (χ4n) is 1.16. The van der Waals surface area contributed by atoms with E-state index in [4.69, 9.17) is 6.42 Å². The number of hydrogen-bond acceptors (Lipinski definition) is 1. The molecule has 0 bridgehead atoms. The molecule has 0 N–H and O–H groups in total. The van der Waals surface area contributed by atoms with Gasteiger partial charge in [-0.1, -0.05) is 30.2 Å². The molecule has 0 saturated carbocycles. The van der Waals surface area contributed by atoms with Crippen LogP contribution in [0.4, 0.5) is 0 Å². The molecule has 0 aliphatic heterocycles. The summed E-state index contributed by atoms with van der Waals surface area (Å²) in [5.41, 5.74) is 0.689. The third kappa shape index (κ3) is 2.02. The number of terminal acetylenes is 1. The molecule has 1 nitrogen and oxygen atoms in total. The molecule has 13 heavy (non-hydrogen) atoms. The fourth-order valence-corrected chi connectivity index (χ4v) is 1.16. The quantitative estimate of drug-likeness (QED) is 0.526. The molecule has 0 aliphatic carbocycles. The number of hydrogen-bond donors (Lipinski definition) is 0. The smallest absolute Gasteiger partial charge is 0.113 e. The van der Waals surface area contributed by atoms with Crippen molar-refractivity contribution >= 4 is 34.7 Å². The van der Waals surface area contributed by atoms with Gasteiger partial charge in [-0.25, -0.2) is 4.98 Å². The zero-order valence-electron chi connectivity index (χ0n) is 6.99. The maximum absolute atomic E-state index is 5.23. The van der Waals surface area contributed by atoms with Crippen LogP contribution in [0, 0.1) is 12.3 Å². The largest absolute Gasteiger partial charge is 0.247 e. The first kappa shape index (κ1) is 10.1. The van der Waals surface area contributed by atoms with Crippen LogP contribution in [-0.4, -0.2) is 28.9 Å². The number of rotatable bonds is 0. The van der Waals surface area contributed by atoms with Crippen LogP contribution in [0.5, 0.6) is 0 Å². The predicted molar refractivity (Wildman–Crippen MR) is 55.4 cm³/mol. The van der Waals surface area contributed by atoms with E-state index in [9.17, 15) is 0 Å². The molecule has 0 spiro atoms. The minimum atomic E-state index is 0. The van der Waals surface area contributed by atoms with Gasteiger partial charge in [-0.05, 0) is 11.5 Å². The van der Waals surface area contributed by atoms with Gasteiger partial charge in [-0.3, -0.25) is 0 Å². The molecule has 4 radical (unpaired) electrons. The summed E-state index contributed by atoms with van der Waals surface area (Å²) in [6.07, 6.45) is 7.02. The van der Waals surface area contributed by atoms with E-state index < -0.39 is 0 Å². The molecular weight excluding hydrogens is 265 g/mol. The van der Waals surface area contributed by atoms with Crippen LogP contribution >= 0.6 is 0 Å². The molecule has 0 fully saturated rings. The summed E-state index contributed by atoms with van der Waals surface area (Å²) in [6.45, 7) is 0. The number of benzene rings is 1. The predicted octanol–water partition coefficient (Wildman–Crippen LogP) is 1.84. The minimum absolute atomic E-state index is 0. The third-order valence-electron chi connectivity index (χ3n) is 1.78. The summed E-state index contributed by atoms with van der Waals surface area (Å²) < 4.78 is 0. The zero-order valence-corrected chi connectivity index (χ0v) is 9.84. The maximum atomic E-state index is 5.23. The Kier molecular flexibility index (Phi) is 3.32. The van der Waals surface area contributed by atoms with Crippen LogP contribution in [0.3, 0.4) is 0 Å². The van der Waals surface area contributed by atoms with E-state index in [1.165, 1.54) is 0 Å². The van der Waals surface area contributed by atoms with Crippen LogP contribution in [0.1, 0.15) is 5.69 Å². The van der Waals surface area contributed by atoms with Gasteiger partial charge in [0.05, 0.1) is 0 Å². The van der Waals surface area contributed by atoms with E-state index in [1.807, 2.05) is 30.3 Å². The van der Waals surface area contributed by atoms with Gasteiger partial charge in [-0.2, -0.15) is 0 Å². The maximum Gasteiger partial charge on any atom is 0.113 e.